The molecule has 0 spiro atoms. The Balaban J connectivity index is 1.42. The predicted octanol–water partition coefficient (Wildman–Crippen LogP) is 1.81. The first-order valence-corrected chi connectivity index (χ1v) is 7.84. The maximum atomic E-state index is 12.3. The van der Waals surface area contributed by atoms with Crippen LogP contribution in [0.2, 0.25) is 0 Å². The van der Waals surface area contributed by atoms with Crippen molar-refractivity contribution in [3.8, 4) is 0 Å². The third-order valence-corrected chi connectivity index (χ3v) is 4.41. The summed E-state index contributed by atoms with van der Waals surface area (Å²) in [5.41, 5.74) is 0. The minimum Gasteiger partial charge on any atom is -0.335 e. The molecule has 0 aromatic carbocycles. The van der Waals surface area contributed by atoms with Crippen LogP contribution in [0.5, 0.6) is 0 Å². The number of likely N-dealkylation sites (tertiary alicyclic amines) is 1. The van der Waals surface area contributed by atoms with Gasteiger partial charge in [0.25, 0.3) is 0 Å². The lowest BCUT2D eigenvalue weighted by Gasteiger charge is -2.33. The van der Waals surface area contributed by atoms with Crippen molar-refractivity contribution in [2.45, 2.75) is 44.7 Å². The molecule has 0 radical (unpaired) electrons. The van der Waals surface area contributed by atoms with Crippen LogP contribution in [0, 0.1) is 5.92 Å². The summed E-state index contributed by atoms with van der Waals surface area (Å²) >= 11 is 0. The van der Waals surface area contributed by atoms with Gasteiger partial charge in [0.15, 0.2) is 0 Å². The number of carbonyl (C=O) groups is 1. The lowest BCUT2D eigenvalue weighted by molar-refractivity contribution is 0.160. The zero-order valence-electron chi connectivity index (χ0n) is 12.3. The van der Waals surface area contributed by atoms with Crippen LogP contribution in [0.4, 0.5) is 4.79 Å². The van der Waals surface area contributed by atoms with Gasteiger partial charge in [-0.05, 0) is 38.0 Å². The van der Waals surface area contributed by atoms with E-state index in [1.165, 1.54) is 0 Å². The highest BCUT2D eigenvalue weighted by Gasteiger charge is 2.24. The van der Waals surface area contributed by atoms with Gasteiger partial charge >= 0.3 is 6.03 Å². The fourth-order valence-corrected chi connectivity index (χ4v) is 3.10. The molecule has 114 valence electrons. The Labute approximate surface area is 125 Å². The van der Waals surface area contributed by atoms with E-state index < -0.39 is 0 Å². The summed E-state index contributed by atoms with van der Waals surface area (Å²) in [6.07, 6.45) is 12.9. The number of hydrogen-bond donors (Lipinski definition) is 1. The number of amides is 2. The highest BCUT2D eigenvalue weighted by atomic mass is 16.2. The van der Waals surface area contributed by atoms with Crippen molar-refractivity contribution in [2.75, 3.05) is 13.1 Å². The molecule has 3 rings (SSSR count). The van der Waals surface area contributed by atoms with Crippen LogP contribution >= 0.6 is 0 Å². The zero-order valence-corrected chi connectivity index (χ0v) is 12.3. The molecule has 21 heavy (non-hydrogen) atoms. The second-order valence-corrected chi connectivity index (χ2v) is 5.98. The Kier molecular flexibility index (Phi) is 4.52. The van der Waals surface area contributed by atoms with Crippen LogP contribution in [0.25, 0.3) is 0 Å². The molecule has 0 unspecified atom stereocenters. The summed E-state index contributed by atoms with van der Waals surface area (Å²) in [6, 6.07) is 0.421. The Bertz CT molecular complexity index is 476. The van der Waals surface area contributed by atoms with Crippen LogP contribution in [0.3, 0.4) is 0 Å². The minimum absolute atomic E-state index is 0.106. The van der Waals surface area contributed by atoms with Gasteiger partial charge in [0.05, 0.1) is 0 Å². The van der Waals surface area contributed by atoms with E-state index in [-0.39, 0.29) is 6.03 Å². The van der Waals surface area contributed by atoms with Gasteiger partial charge in [0, 0.05) is 25.7 Å². The average Bonchev–Trinajstić information content (AvgIpc) is 3.02. The van der Waals surface area contributed by atoms with Crippen LogP contribution in [0.15, 0.2) is 24.8 Å². The third kappa shape index (κ3) is 3.83. The molecule has 1 aliphatic heterocycles. The maximum absolute atomic E-state index is 12.3. The summed E-state index contributed by atoms with van der Waals surface area (Å²) in [7, 11) is 0. The van der Waals surface area contributed by atoms with E-state index in [1.807, 2.05) is 9.58 Å². The lowest BCUT2D eigenvalue weighted by atomic mass is 9.97. The molecule has 1 aromatic heterocycles. The summed E-state index contributed by atoms with van der Waals surface area (Å²) in [6.45, 7) is 2.59. The molecular weight excluding hydrogens is 266 g/mol. The number of nitrogens with zero attached hydrogens (tertiary/aromatic N) is 4. The Morgan fingerprint density at radius 1 is 1.24 bits per heavy atom. The molecule has 1 aliphatic carbocycles. The van der Waals surface area contributed by atoms with E-state index in [9.17, 15) is 4.79 Å². The van der Waals surface area contributed by atoms with Gasteiger partial charge in [-0.15, -0.1) is 0 Å². The first kappa shape index (κ1) is 14.1. The summed E-state index contributed by atoms with van der Waals surface area (Å²) in [5, 5.41) is 7.31. The predicted molar refractivity (Wildman–Crippen MR) is 79.6 cm³/mol. The number of rotatable bonds is 3. The van der Waals surface area contributed by atoms with Gasteiger partial charge in [-0.25, -0.2) is 9.78 Å². The molecule has 1 atom stereocenters. The molecule has 1 aromatic rings. The van der Waals surface area contributed by atoms with Crippen LogP contribution in [-0.4, -0.2) is 44.8 Å². The monoisotopic (exact) mass is 289 g/mol. The van der Waals surface area contributed by atoms with Gasteiger partial charge in [-0.1, -0.05) is 12.2 Å². The summed E-state index contributed by atoms with van der Waals surface area (Å²) in [5.74, 6) is 0.591. The standard InChI is InChI=1S/C15H23N5O/c21-15(18-14-4-2-1-3-5-14)19-8-6-13(7-9-19)10-20-12-16-11-17-20/h1-2,11-14H,3-10H2,(H,18,21)/t14-/m0/s1. The molecule has 0 bridgehead atoms. The summed E-state index contributed by atoms with van der Waals surface area (Å²) < 4.78 is 1.88. The molecular formula is C15H23N5O. The number of nitrogens with one attached hydrogen (secondary N) is 1. The second-order valence-electron chi connectivity index (χ2n) is 5.98. The number of urea groups is 1. The first-order chi connectivity index (χ1) is 10.3. The molecule has 2 aliphatic rings. The third-order valence-electron chi connectivity index (χ3n) is 4.41. The number of allylic oxidation sites excluding steroid dienone is 1. The molecule has 1 N–H and O–H groups in total. The zero-order chi connectivity index (χ0) is 14.5. The van der Waals surface area contributed by atoms with Gasteiger partial charge in [-0.2, -0.15) is 5.10 Å². The summed E-state index contributed by atoms with van der Waals surface area (Å²) in [4.78, 5) is 18.2. The number of hydrogen-bond acceptors (Lipinski definition) is 3. The minimum atomic E-state index is 0.106. The van der Waals surface area contributed by atoms with Crippen molar-refractivity contribution < 1.29 is 4.79 Å². The van der Waals surface area contributed by atoms with Crippen molar-refractivity contribution in [1.29, 1.82) is 0 Å². The molecule has 2 amide bonds. The lowest BCUT2D eigenvalue weighted by Crippen LogP contribution is -2.48. The van der Waals surface area contributed by atoms with Crippen molar-refractivity contribution in [2.24, 2.45) is 5.92 Å². The van der Waals surface area contributed by atoms with Crippen LogP contribution < -0.4 is 5.32 Å². The molecule has 2 heterocycles. The number of carbonyl (C=O) groups excluding carboxylic acids is 1. The SMILES string of the molecule is O=C(N[C@H]1CC=CCC1)N1CCC(Cn2cncn2)CC1. The molecule has 0 saturated carbocycles. The normalized spacial score (nSPS) is 23.2. The van der Waals surface area contributed by atoms with Crippen molar-refractivity contribution >= 4 is 6.03 Å². The first-order valence-electron chi connectivity index (χ1n) is 7.84. The molecule has 6 nitrogen and oxygen atoms in total. The van der Waals surface area contributed by atoms with Gasteiger partial charge < -0.3 is 10.2 Å². The number of piperidine rings is 1. The largest absolute Gasteiger partial charge is 0.335 e. The van der Waals surface area contributed by atoms with E-state index in [1.54, 1.807) is 12.7 Å². The molecule has 6 heteroatoms. The fourth-order valence-electron chi connectivity index (χ4n) is 3.10. The van der Waals surface area contributed by atoms with Gasteiger partial charge in [0.1, 0.15) is 12.7 Å². The van der Waals surface area contributed by atoms with Crippen LogP contribution in [-0.2, 0) is 6.54 Å². The van der Waals surface area contributed by atoms with E-state index in [2.05, 4.69) is 27.6 Å². The Morgan fingerprint density at radius 3 is 2.76 bits per heavy atom. The highest BCUT2D eigenvalue weighted by molar-refractivity contribution is 5.74. The smallest absolute Gasteiger partial charge is 0.317 e. The maximum Gasteiger partial charge on any atom is 0.317 e. The van der Waals surface area contributed by atoms with Gasteiger partial charge in [0.2, 0.25) is 0 Å². The van der Waals surface area contributed by atoms with Crippen molar-refractivity contribution in [3.63, 3.8) is 0 Å². The fraction of sp³-hybridized carbons (Fsp3) is 0.667. The Hall–Kier alpha value is -1.85. The van der Waals surface area contributed by atoms with Gasteiger partial charge in [-0.3, -0.25) is 4.68 Å². The van der Waals surface area contributed by atoms with E-state index in [4.69, 9.17) is 0 Å². The molecule has 1 saturated heterocycles. The van der Waals surface area contributed by atoms with E-state index in [0.29, 0.717) is 12.0 Å². The van der Waals surface area contributed by atoms with E-state index in [0.717, 1.165) is 51.7 Å². The average molecular weight is 289 g/mol. The van der Waals surface area contributed by atoms with Crippen molar-refractivity contribution in [3.05, 3.63) is 24.8 Å². The molecule has 1 fully saturated rings. The highest BCUT2D eigenvalue weighted by Crippen LogP contribution is 2.19. The second kappa shape index (κ2) is 6.74. The van der Waals surface area contributed by atoms with Crippen LogP contribution in [0.1, 0.15) is 32.1 Å². The van der Waals surface area contributed by atoms with E-state index >= 15 is 0 Å². The van der Waals surface area contributed by atoms with Crippen molar-refractivity contribution in [1.82, 2.24) is 25.0 Å². The topological polar surface area (TPSA) is 63.1 Å². The quantitative estimate of drug-likeness (QED) is 0.863. The Morgan fingerprint density at radius 2 is 2.10 bits per heavy atom. The number of aromatic nitrogens is 3.